The average Bonchev–Trinajstić information content (AvgIpc) is 2.13. The van der Waals surface area contributed by atoms with Gasteiger partial charge in [0.2, 0.25) is 0 Å². The van der Waals surface area contributed by atoms with Crippen molar-refractivity contribution in [1.82, 2.24) is 0 Å². The van der Waals surface area contributed by atoms with Crippen molar-refractivity contribution in [2.45, 2.75) is 88.5 Å². The minimum Gasteiger partial charge on any atom is -0.100 e. The van der Waals surface area contributed by atoms with Crippen LogP contribution in [0.2, 0.25) is 0 Å². The van der Waals surface area contributed by atoms with Gasteiger partial charge in [0, 0.05) is 0 Å². The Labute approximate surface area is 124 Å². The van der Waals surface area contributed by atoms with E-state index in [2.05, 4.69) is 62.0 Å². The van der Waals surface area contributed by atoms with Gasteiger partial charge in [-0.2, -0.15) is 0 Å². The fourth-order valence-electron chi connectivity index (χ4n) is 2.40. The zero-order valence-corrected chi connectivity index (χ0v) is 15.5. The molecule has 0 spiro atoms. The third-order valence-corrected chi connectivity index (χ3v) is 3.96. The molecule has 0 fully saturated rings. The van der Waals surface area contributed by atoms with Crippen LogP contribution >= 0.6 is 0 Å². The molecule has 0 radical (unpaired) electrons. The molecule has 0 aliphatic rings. The summed E-state index contributed by atoms with van der Waals surface area (Å²) in [6, 6.07) is 0. The van der Waals surface area contributed by atoms with Crippen LogP contribution in [0.4, 0.5) is 0 Å². The molecule has 0 bridgehead atoms. The fraction of sp³-hybridized carbons (Fsp3) is 0.895. The van der Waals surface area contributed by atoms with Gasteiger partial charge in [0.15, 0.2) is 0 Å². The molecule has 0 aromatic carbocycles. The maximum absolute atomic E-state index is 3.56. The van der Waals surface area contributed by atoms with Crippen molar-refractivity contribution in [3.8, 4) is 0 Å². The van der Waals surface area contributed by atoms with Crippen LogP contribution < -0.4 is 0 Å². The van der Waals surface area contributed by atoms with Gasteiger partial charge in [-0.25, -0.2) is 0 Å². The molecule has 2 unspecified atom stereocenters. The van der Waals surface area contributed by atoms with Crippen LogP contribution in [0.1, 0.15) is 88.5 Å². The highest BCUT2D eigenvalue weighted by atomic mass is 14.3. The largest absolute Gasteiger partial charge is 0.100 e. The van der Waals surface area contributed by atoms with Gasteiger partial charge < -0.3 is 0 Å². The maximum atomic E-state index is 3.56. The van der Waals surface area contributed by atoms with Gasteiger partial charge in [0.05, 0.1) is 0 Å². The Kier molecular flexibility index (Phi) is 9.77. The SMILES string of the molecule is C=C(C)C.CCC(C)(C)C(C)CC(C)CC(C)(C)C. The van der Waals surface area contributed by atoms with Crippen molar-refractivity contribution in [3.05, 3.63) is 12.2 Å². The van der Waals surface area contributed by atoms with Gasteiger partial charge in [0.25, 0.3) is 0 Å². The second kappa shape index (κ2) is 8.82. The standard InChI is InChI=1S/C15H32.C4H8/c1-9-15(7,8)13(3)10-12(2)11-14(4,5)6;1-4(2)3/h12-13H,9-11H2,1-8H3;1H2,2-3H3. The van der Waals surface area contributed by atoms with Gasteiger partial charge in [-0.05, 0) is 49.4 Å². The molecule has 0 rings (SSSR count). The molecule has 0 aromatic heterocycles. The summed E-state index contributed by atoms with van der Waals surface area (Å²) in [7, 11) is 0. The quantitative estimate of drug-likeness (QED) is 0.466. The second-order valence-electron chi connectivity index (χ2n) is 8.56. The minimum atomic E-state index is 0.482. The Morgan fingerprint density at radius 2 is 1.37 bits per heavy atom. The maximum Gasteiger partial charge on any atom is -0.0331 e. The topological polar surface area (TPSA) is 0 Å². The average molecular weight is 269 g/mol. The molecule has 0 heterocycles. The van der Waals surface area contributed by atoms with Crippen molar-refractivity contribution < 1.29 is 0 Å². The molecule has 2 atom stereocenters. The molecule has 0 saturated carbocycles. The Balaban J connectivity index is 0. The first-order chi connectivity index (χ1) is 8.31. The lowest BCUT2D eigenvalue weighted by molar-refractivity contribution is 0.168. The van der Waals surface area contributed by atoms with E-state index in [9.17, 15) is 0 Å². The van der Waals surface area contributed by atoms with Crippen LogP contribution in [-0.4, -0.2) is 0 Å². The molecular formula is C19H40. The summed E-state index contributed by atoms with van der Waals surface area (Å²) in [5.41, 5.74) is 2.15. The van der Waals surface area contributed by atoms with Crippen molar-refractivity contribution in [3.63, 3.8) is 0 Å². The molecule has 116 valence electrons. The van der Waals surface area contributed by atoms with Crippen molar-refractivity contribution in [1.29, 1.82) is 0 Å². The van der Waals surface area contributed by atoms with Crippen molar-refractivity contribution >= 4 is 0 Å². The smallest absolute Gasteiger partial charge is 0.0331 e. The molecule has 0 nitrogen and oxygen atoms in total. The molecular weight excluding hydrogens is 228 g/mol. The van der Waals surface area contributed by atoms with E-state index in [0.29, 0.717) is 10.8 Å². The highest BCUT2D eigenvalue weighted by molar-refractivity contribution is 4.79. The van der Waals surface area contributed by atoms with Gasteiger partial charge >= 0.3 is 0 Å². The predicted molar refractivity (Wildman–Crippen MR) is 91.6 cm³/mol. The molecule has 19 heavy (non-hydrogen) atoms. The summed E-state index contributed by atoms with van der Waals surface area (Å²) in [5.74, 6) is 1.69. The first kappa shape index (κ1) is 21.0. The lowest BCUT2D eigenvalue weighted by Crippen LogP contribution is -2.24. The lowest BCUT2D eigenvalue weighted by atomic mass is 9.72. The number of hydrogen-bond acceptors (Lipinski definition) is 0. The third-order valence-electron chi connectivity index (χ3n) is 3.96. The van der Waals surface area contributed by atoms with E-state index in [1.807, 2.05) is 13.8 Å². The normalized spacial score (nSPS) is 15.3. The van der Waals surface area contributed by atoms with Crippen LogP contribution in [-0.2, 0) is 0 Å². The van der Waals surface area contributed by atoms with Crippen LogP contribution in [0.25, 0.3) is 0 Å². The molecule has 0 aromatic rings. The van der Waals surface area contributed by atoms with Crippen molar-refractivity contribution in [2.24, 2.45) is 22.7 Å². The van der Waals surface area contributed by atoms with E-state index in [4.69, 9.17) is 0 Å². The predicted octanol–water partition coefficient (Wildman–Crippen LogP) is 7.10. The number of rotatable bonds is 5. The highest BCUT2D eigenvalue weighted by Gasteiger charge is 2.26. The first-order valence-electron chi connectivity index (χ1n) is 7.94. The summed E-state index contributed by atoms with van der Waals surface area (Å²) < 4.78 is 0. The van der Waals surface area contributed by atoms with Gasteiger partial charge in [-0.1, -0.05) is 67.4 Å². The molecule has 0 aliphatic heterocycles. The molecule has 0 aliphatic carbocycles. The van der Waals surface area contributed by atoms with Crippen LogP contribution in [0.15, 0.2) is 12.2 Å². The van der Waals surface area contributed by atoms with E-state index >= 15 is 0 Å². The number of allylic oxidation sites excluding steroid dienone is 1. The fourth-order valence-corrected chi connectivity index (χ4v) is 2.40. The van der Waals surface area contributed by atoms with E-state index in [-0.39, 0.29) is 0 Å². The summed E-state index contributed by atoms with van der Waals surface area (Å²) in [6.45, 7) is 26.5. The van der Waals surface area contributed by atoms with Crippen molar-refractivity contribution in [2.75, 3.05) is 0 Å². The third kappa shape index (κ3) is 14.0. The Hall–Kier alpha value is -0.260. The van der Waals surface area contributed by atoms with Gasteiger partial charge in [-0.15, -0.1) is 6.58 Å². The summed E-state index contributed by atoms with van der Waals surface area (Å²) >= 11 is 0. The van der Waals surface area contributed by atoms with E-state index in [1.54, 1.807) is 0 Å². The Morgan fingerprint density at radius 1 is 1.00 bits per heavy atom. The highest BCUT2D eigenvalue weighted by Crippen LogP contribution is 2.37. The van der Waals surface area contributed by atoms with Gasteiger partial charge in [-0.3, -0.25) is 0 Å². The van der Waals surface area contributed by atoms with Crippen LogP contribution in [0.3, 0.4) is 0 Å². The van der Waals surface area contributed by atoms with Gasteiger partial charge in [0.1, 0.15) is 0 Å². The second-order valence-corrected chi connectivity index (χ2v) is 8.56. The Morgan fingerprint density at radius 3 is 1.63 bits per heavy atom. The molecule has 0 heteroatoms. The zero-order valence-electron chi connectivity index (χ0n) is 15.5. The molecule has 0 amide bonds. The first-order valence-corrected chi connectivity index (χ1v) is 7.94. The lowest BCUT2D eigenvalue weighted by Gasteiger charge is -2.34. The molecule has 0 saturated heterocycles. The minimum absolute atomic E-state index is 0.482. The zero-order chi connectivity index (χ0) is 15.9. The van der Waals surface area contributed by atoms with Crippen LogP contribution in [0.5, 0.6) is 0 Å². The monoisotopic (exact) mass is 268 g/mol. The van der Waals surface area contributed by atoms with E-state index in [0.717, 1.165) is 11.8 Å². The summed E-state index contributed by atoms with van der Waals surface area (Å²) in [5, 5.41) is 0. The Bertz CT molecular complexity index is 235. The van der Waals surface area contributed by atoms with Crippen LogP contribution in [0, 0.1) is 22.7 Å². The summed E-state index contributed by atoms with van der Waals surface area (Å²) in [6.07, 6.45) is 4.01. The van der Waals surface area contributed by atoms with E-state index in [1.165, 1.54) is 24.8 Å². The van der Waals surface area contributed by atoms with E-state index < -0.39 is 0 Å². The number of hydrogen-bond donors (Lipinski definition) is 0. The summed E-state index contributed by atoms with van der Waals surface area (Å²) in [4.78, 5) is 0. The molecule has 0 N–H and O–H groups in total.